The average molecular weight is 389 g/mol. The Labute approximate surface area is 170 Å². The maximum absolute atomic E-state index is 5.62. The highest BCUT2D eigenvalue weighted by Crippen LogP contribution is 2.33. The summed E-state index contributed by atoms with van der Waals surface area (Å²) in [5.41, 5.74) is 4.81. The molecule has 0 fully saturated rings. The van der Waals surface area contributed by atoms with Crippen molar-refractivity contribution < 1.29 is 4.74 Å². The zero-order chi connectivity index (χ0) is 19.2. The van der Waals surface area contributed by atoms with Crippen LogP contribution >= 0.6 is 11.8 Å². The van der Waals surface area contributed by atoms with Gasteiger partial charge in [0.2, 0.25) is 0 Å². The second-order valence-corrected chi connectivity index (χ2v) is 7.71. The highest BCUT2D eigenvalue weighted by molar-refractivity contribution is 7.98. The summed E-state index contributed by atoms with van der Waals surface area (Å²) in [4.78, 5) is 5.91. The van der Waals surface area contributed by atoms with E-state index in [1.807, 2.05) is 17.8 Å². The van der Waals surface area contributed by atoms with Gasteiger partial charge < -0.3 is 10.1 Å². The number of nitrogens with one attached hydrogen (secondary N) is 1. The van der Waals surface area contributed by atoms with E-state index in [2.05, 4.69) is 77.0 Å². The van der Waals surface area contributed by atoms with E-state index in [0.29, 0.717) is 0 Å². The molecule has 0 radical (unpaired) electrons. The van der Waals surface area contributed by atoms with Gasteiger partial charge in [0.15, 0.2) is 0 Å². The van der Waals surface area contributed by atoms with Gasteiger partial charge >= 0.3 is 0 Å². The Morgan fingerprint density at radius 1 is 0.964 bits per heavy atom. The highest BCUT2D eigenvalue weighted by Gasteiger charge is 2.13. The normalized spacial score (nSPS) is 13.5. The van der Waals surface area contributed by atoms with Crippen LogP contribution in [0, 0.1) is 0 Å². The Bertz CT molecular complexity index is 969. The Morgan fingerprint density at radius 2 is 1.79 bits per heavy atom. The van der Waals surface area contributed by atoms with Gasteiger partial charge in [-0.3, -0.25) is 4.99 Å². The van der Waals surface area contributed by atoms with Crippen molar-refractivity contribution in [2.45, 2.75) is 17.1 Å². The van der Waals surface area contributed by atoms with Crippen LogP contribution in [0.25, 0.3) is 11.1 Å². The zero-order valence-corrected chi connectivity index (χ0v) is 16.8. The van der Waals surface area contributed by atoms with Crippen LogP contribution in [0.15, 0.2) is 82.7 Å². The molecule has 0 unspecified atom stereocenters. The van der Waals surface area contributed by atoms with Crippen molar-refractivity contribution >= 4 is 17.6 Å². The molecule has 0 spiro atoms. The molecular weight excluding hydrogens is 364 g/mol. The predicted octanol–water partition coefficient (Wildman–Crippen LogP) is 5.39. The van der Waals surface area contributed by atoms with Crippen molar-refractivity contribution in [2.75, 3.05) is 20.2 Å². The molecule has 3 nitrogen and oxygen atoms in total. The molecule has 0 atom stereocenters. The smallest absolute Gasteiger partial charge is 0.129 e. The van der Waals surface area contributed by atoms with Gasteiger partial charge in [-0.15, -0.1) is 11.8 Å². The van der Waals surface area contributed by atoms with E-state index in [0.717, 1.165) is 36.8 Å². The largest absolute Gasteiger partial charge is 0.496 e. The topological polar surface area (TPSA) is 33.6 Å². The minimum absolute atomic E-state index is 0.841. The number of methoxy groups -OCH3 is 1. The molecule has 0 aliphatic carbocycles. The van der Waals surface area contributed by atoms with Crippen molar-refractivity contribution in [1.29, 1.82) is 0 Å². The predicted molar refractivity (Wildman–Crippen MR) is 118 cm³/mol. The first-order chi connectivity index (χ1) is 13.8. The fourth-order valence-corrected chi connectivity index (χ4v) is 4.39. The summed E-state index contributed by atoms with van der Waals surface area (Å²) < 4.78 is 5.62. The molecule has 142 valence electrons. The molecular formula is C24H24N2OS. The van der Waals surface area contributed by atoms with Gasteiger partial charge in [-0.25, -0.2) is 0 Å². The molecule has 3 aromatic carbocycles. The SMILES string of the molecule is COc1ccc(-c2ccccc2)cc1CSc1ccccc1C1=NCCCN1. The third-order valence-corrected chi connectivity index (χ3v) is 5.93. The quantitative estimate of drug-likeness (QED) is 0.575. The molecule has 0 amide bonds. The van der Waals surface area contributed by atoms with Crippen LogP contribution in [0.3, 0.4) is 0 Å². The molecule has 1 N–H and O–H groups in total. The molecule has 0 aromatic heterocycles. The molecule has 0 bridgehead atoms. The van der Waals surface area contributed by atoms with Crippen molar-refractivity contribution in [2.24, 2.45) is 4.99 Å². The lowest BCUT2D eigenvalue weighted by Crippen LogP contribution is -2.30. The lowest BCUT2D eigenvalue weighted by molar-refractivity contribution is 0.411. The van der Waals surface area contributed by atoms with Crippen LogP contribution in [0.4, 0.5) is 0 Å². The van der Waals surface area contributed by atoms with E-state index in [1.165, 1.54) is 27.1 Å². The van der Waals surface area contributed by atoms with Gasteiger partial charge in [-0.1, -0.05) is 54.6 Å². The summed E-state index contributed by atoms with van der Waals surface area (Å²) in [5, 5.41) is 3.44. The van der Waals surface area contributed by atoms with E-state index < -0.39 is 0 Å². The van der Waals surface area contributed by atoms with Gasteiger partial charge in [0, 0.05) is 34.9 Å². The van der Waals surface area contributed by atoms with E-state index in [9.17, 15) is 0 Å². The van der Waals surface area contributed by atoms with E-state index in [1.54, 1.807) is 7.11 Å². The second kappa shape index (κ2) is 8.98. The molecule has 1 aliphatic heterocycles. The molecule has 4 heteroatoms. The molecule has 0 saturated carbocycles. The summed E-state index contributed by atoms with van der Waals surface area (Å²) in [6, 6.07) is 25.4. The summed E-state index contributed by atoms with van der Waals surface area (Å²) >= 11 is 1.83. The van der Waals surface area contributed by atoms with Gasteiger partial charge in [0.25, 0.3) is 0 Å². The van der Waals surface area contributed by atoms with Crippen molar-refractivity contribution in [1.82, 2.24) is 5.32 Å². The van der Waals surface area contributed by atoms with Crippen LogP contribution in [0.2, 0.25) is 0 Å². The van der Waals surface area contributed by atoms with Crippen LogP contribution in [0.1, 0.15) is 17.5 Å². The molecule has 3 aromatic rings. The third-order valence-electron chi connectivity index (χ3n) is 4.81. The number of ether oxygens (including phenoxy) is 1. The van der Waals surface area contributed by atoms with Crippen LogP contribution in [-0.2, 0) is 5.75 Å². The first-order valence-electron chi connectivity index (χ1n) is 9.58. The number of rotatable bonds is 6. The summed E-state index contributed by atoms with van der Waals surface area (Å²) in [6.45, 7) is 1.89. The molecule has 28 heavy (non-hydrogen) atoms. The van der Waals surface area contributed by atoms with Crippen LogP contribution in [0.5, 0.6) is 5.75 Å². The fraction of sp³-hybridized carbons (Fsp3) is 0.208. The van der Waals surface area contributed by atoms with Crippen molar-refractivity contribution in [3.8, 4) is 16.9 Å². The van der Waals surface area contributed by atoms with Gasteiger partial charge in [0.1, 0.15) is 11.6 Å². The Morgan fingerprint density at radius 3 is 2.57 bits per heavy atom. The zero-order valence-electron chi connectivity index (χ0n) is 16.0. The van der Waals surface area contributed by atoms with Gasteiger partial charge in [-0.05, 0) is 35.7 Å². The molecule has 4 rings (SSSR count). The highest BCUT2D eigenvalue weighted by atomic mass is 32.2. The number of benzene rings is 3. The minimum Gasteiger partial charge on any atom is -0.496 e. The van der Waals surface area contributed by atoms with E-state index in [4.69, 9.17) is 4.74 Å². The third kappa shape index (κ3) is 4.23. The number of hydrogen-bond acceptors (Lipinski definition) is 4. The minimum atomic E-state index is 0.841. The lowest BCUT2D eigenvalue weighted by Gasteiger charge is -2.17. The molecule has 1 heterocycles. The van der Waals surface area contributed by atoms with Crippen LogP contribution < -0.4 is 10.1 Å². The lowest BCUT2D eigenvalue weighted by atomic mass is 10.0. The maximum Gasteiger partial charge on any atom is 0.129 e. The monoisotopic (exact) mass is 388 g/mol. The standard InChI is InChI=1S/C24H24N2OS/c1-27-22-13-12-19(18-8-3-2-4-9-18)16-20(22)17-28-23-11-6-5-10-21(23)24-25-14-7-15-26-24/h2-6,8-13,16H,7,14-15,17H2,1H3,(H,25,26). The Balaban J connectivity index is 1.59. The Kier molecular flexibility index (Phi) is 5.98. The van der Waals surface area contributed by atoms with Crippen molar-refractivity contribution in [3.05, 3.63) is 83.9 Å². The van der Waals surface area contributed by atoms with Crippen LogP contribution in [-0.4, -0.2) is 26.0 Å². The summed E-state index contributed by atoms with van der Waals surface area (Å²) in [5.74, 6) is 2.78. The first kappa shape index (κ1) is 18.6. The number of thioether (sulfide) groups is 1. The number of amidine groups is 1. The van der Waals surface area contributed by atoms with E-state index in [-0.39, 0.29) is 0 Å². The summed E-state index contributed by atoms with van der Waals surface area (Å²) in [7, 11) is 1.74. The second-order valence-electron chi connectivity index (χ2n) is 6.69. The number of nitrogens with zero attached hydrogens (tertiary/aromatic N) is 1. The van der Waals surface area contributed by atoms with E-state index >= 15 is 0 Å². The maximum atomic E-state index is 5.62. The first-order valence-corrected chi connectivity index (χ1v) is 10.6. The average Bonchev–Trinajstić information content (AvgIpc) is 2.79. The molecule has 0 saturated heterocycles. The van der Waals surface area contributed by atoms with Gasteiger partial charge in [0.05, 0.1) is 7.11 Å². The molecule has 1 aliphatic rings. The van der Waals surface area contributed by atoms with Gasteiger partial charge in [-0.2, -0.15) is 0 Å². The number of hydrogen-bond donors (Lipinski definition) is 1. The Hall–Kier alpha value is -2.72. The summed E-state index contributed by atoms with van der Waals surface area (Å²) in [6.07, 6.45) is 1.10. The van der Waals surface area contributed by atoms with Crippen molar-refractivity contribution in [3.63, 3.8) is 0 Å². The fourth-order valence-electron chi connectivity index (χ4n) is 3.36. The number of aliphatic imine (C=N–C) groups is 1.